The van der Waals surface area contributed by atoms with E-state index in [1.165, 1.54) is 0 Å². The van der Waals surface area contributed by atoms with E-state index >= 15 is 0 Å². The van der Waals surface area contributed by atoms with E-state index in [2.05, 4.69) is 0 Å². The molecule has 6 N–H and O–H groups in total. The zero-order valence-corrected chi connectivity index (χ0v) is 15.2. The molecule has 0 bridgehead atoms. The summed E-state index contributed by atoms with van der Waals surface area (Å²) in [5.74, 6) is -0.887. The van der Waals surface area contributed by atoms with Gasteiger partial charge in [-0.05, 0) is 65.7 Å². The molecular formula is C17H31N3O4. The SMILES string of the molecule is CCOC(=O)C1(C2CCC(N)(N)C(N)(C(=O)OC(C)(C)C)C2)CC1. The predicted molar refractivity (Wildman–Crippen MR) is 89.5 cm³/mol. The molecule has 2 unspecified atom stereocenters. The number of hydrogen-bond acceptors (Lipinski definition) is 7. The summed E-state index contributed by atoms with van der Waals surface area (Å²) in [5, 5.41) is 0. The predicted octanol–water partition coefficient (Wildman–Crippen LogP) is 0.783. The van der Waals surface area contributed by atoms with Crippen LogP contribution in [-0.4, -0.2) is 35.3 Å². The smallest absolute Gasteiger partial charge is 0.329 e. The van der Waals surface area contributed by atoms with Crippen LogP contribution in [0.5, 0.6) is 0 Å². The summed E-state index contributed by atoms with van der Waals surface area (Å²) in [6.07, 6.45) is 2.74. The number of esters is 2. The van der Waals surface area contributed by atoms with Crippen LogP contribution in [0.2, 0.25) is 0 Å². The second-order valence-corrected chi connectivity index (χ2v) is 8.33. The van der Waals surface area contributed by atoms with Crippen molar-refractivity contribution >= 4 is 11.9 Å². The molecule has 2 atom stereocenters. The average Bonchev–Trinajstić information content (AvgIpc) is 3.22. The third-order valence-electron chi connectivity index (χ3n) is 5.32. The van der Waals surface area contributed by atoms with Crippen LogP contribution in [0, 0.1) is 11.3 Å². The molecular weight excluding hydrogens is 310 g/mol. The van der Waals surface area contributed by atoms with Crippen LogP contribution < -0.4 is 17.2 Å². The van der Waals surface area contributed by atoms with Gasteiger partial charge in [-0.3, -0.25) is 4.79 Å². The van der Waals surface area contributed by atoms with Crippen LogP contribution in [0.15, 0.2) is 0 Å². The minimum Gasteiger partial charge on any atom is -0.466 e. The third-order valence-corrected chi connectivity index (χ3v) is 5.32. The lowest BCUT2D eigenvalue weighted by Crippen LogP contribution is -2.77. The summed E-state index contributed by atoms with van der Waals surface area (Å²) < 4.78 is 10.7. The molecule has 2 aliphatic carbocycles. The average molecular weight is 341 g/mol. The van der Waals surface area contributed by atoms with Gasteiger partial charge in [-0.15, -0.1) is 0 Å². The highest BCUT2D eigenvalue weighted by Gasteiger charge is 2.64. The number of rotatable bonds is 4. The van der Waals surface area contributed by atoms with Crippen LogP contribution in [0.4, 0.5) is 0 Å². The van der Waals surface area contributed by atoms with Crippen molar-refractivity contribution in [1.29, 1.82) is 0 Å². The second-order valence-electron chi connectivity index (χ2n) is 8.33. The summed E-state index contributed by atoms with van der Waals surface area (Å²) in [5.41, 5.74) is 14.6. The molecule has 24 heavy (non-hydrogen) atoms. The number of nitrogens with two attached hydrogens (primary N) is 3. The van der Waals surface area contributed by atoms with Gasteiger partial charge in [-0.2, -0.15) is 0 Å². The number of ether oxygens (including phenoxy) is 2. The monoisotopic (exact) mass is 341 g/mol. The van der Waals surface area contributed by atoms with Crippen LogP contribution >= 0.6 is 0 Å². The van der Waals surface area contributed by atoms with Crippen LogP contribution in [0.3, 0.4) is 0 Å². The minimum absolute atomic E-state index is 0.0747. The van der Waals surface area contributed by atoms with Gasteiger partial charge in [-0.1, -0.05) is 0 Å². The summed E-state index contributed by atoms with van der Waals surface area (Å²) in [7, 11) is 0. The Morgan fingerprint density at radius 1 is 1.08 bits per heavy atom. The summed E-state index contributed by atoms with van der Waals surface area (Å²) >= 11 is 0. The largest absolute Gasteiger partial charge is 0.466 e. The molecule has 0 radical (unpaired) electrons. The Morgan fingerprint density at radius 2 is 1.67 bits per heavy atom. The maximum absolute atomic E-state index is 12.7. The lowest BCUT2D eigenvalue weighted by atomic mass is 9.64. The lowest BCUT2D eigenvalue weighted by Gasteiger charge is -2.49. The Morgan fingerprint density at radius 3 is 2.12 bits per heavy atom. The summed E-state index contributed by atoms with van der Waals surface area (Å²) in [4.78, 5) is 25.1. The van der Waals surface area contributed by atoms with E-state index in [9.17, 15) is 9.59 Å². The van der Waals surface area contributed by atoms with Crippen molar-refractivity contribution in [3.63, 3.8) is 0 Å². The zero-order chi connectivity index (χ0) is 18.4. The van der Waals surface area contributed by atoms with Gasteiger partial charge >= 0.3 is 11.9 Å². The van der Waals surface area contributed by atoms with Crippen LogP contribution in [0.1, 0.15) is 59.8 Å². The minimum atomic E-state index is -1.52. The van der Waals surface area contributed by atoms with Crippen LogP contribution in [-0.2, 0) is 19.1 Å². The number of carbonyl (C=O) groups is 2. The van der Waals surface area contributed by atoms with Crippen molar-refractivity contribution in [2.45, 2.75) is 76.6 Å². The van der Waals surface area contributed by atoms with Crippen molar-refractivity contribution in [3.8, 4) is 0 Å². The summed E-state index contributed by atoms with van der Waals surface area (Å²) in [6, 6.07) is 0. The zero-order valence-electron chi connectivity index (χ0n) is 15.2. The summed E-state index contributed by atoms with van der Waals surface area (Å²) in [6.45, 7) is 7.43. The van der Waals surface area contributed by atoms with Crippen molar-refractivity contribution in [1.82, 2.24) is 0 Å². The molecule has 2 fully saturated rings. The fraction of sp³-hybridized carbons (Fsp3) is 0.882. The first kappa shape index (κ1) is 19.1. The fourth-order valence-electron chi connectivity index (χ4n) is 3.62. The fourth-order valence-corrected chi connectivity index (χ4v) is 3.62. The van der Waals surface area contributed by atoms with E-state index in [1.807, 2.05) is 0 Å². The van der Waals surface area contributed by atoms with Gasteiger partial charge < -0.3 is 26.7 Å². The lowest BCUT2D eigenvalue weighted by molar-refractivity contribution is -0.170. The van der Waals surface area contributed by atoms with Gasteiger partial charge in [0, 0.05) is 0 Å². The van der Waals surface area contributed by atoms with E-state index in [0.29, 0.717) is 19.4 Å². The van der Waals surface area contributed by atoms with Gasteiger partial charge in [0.05, 0.1) is 17.7 Å². The molecule has 0 aromatic rings. The van der Waals surface area contributed by atoms with E-state index in [1.54, 1.807) is 27.7 Å². The molecule has 0 saturated heterocycles. The normalized spacial score (nSPS) is 31.2. The molecule has 0 spiro atoms. The molecule has 2 aliphatic rings. The third kappa shape index (κ3) is 3.30. The highest BCUT2D eigenvalue weighted by atomic mass is 16.6. The van der Waals surface area contributed by atoms with Crippen molar-refractivity contribution in [2.75, 3.05) is 6.61 Å². The van der Waals surface area contributed by atoms with E-state index < -0.39 is 28.2 Å². The Labute approximate surface area is 143 Å². The highest BCUT2D eigenvalue weighted by Crippen LogP contribution is 2.58. The Hall–Kier alpha value is -1.18. The maximum Gasteiger partial charge on any atom is 0.329 e. The standard InChI is InChI=1S/C17H31N3O4/c1-5-23-12(21)15(8-9-15)11-6-7-17(19,20)16(18,10-11)13(22)24-14(2,3)4/h11H,5-10,18-20H2,1-4H3. The number of hydrogen-bond donors (Lipinski definition) is 3. The van der Waals surface area contributed by atoms with Crippen LogP contribution in [0.25, 0.3) is 0 Å². The molecule has 2 saturated carbocycles. The molecule has 0 heterocycles. The van der Waals surface area contributed by atoms with Gasteiger partial charge in [0.25, 0.3) is 0 Å². The molecule has 2 rings (SSSR count). The highest BCUT2D eigenvalue weighted by molar-refractivity contribution is 5.84. The topological polar surface area (TPSA) is 131 Å². The number of carbonyl (C=O) groups excluding carboxylic acids is 2. The first-order chi connectivity index (χ1) is 10.9. The van der Waals surface area contributed by atoms with E-state index in [4.69, 9.17) is 26.7 Å². The Balaban J connectivity index is 2.24. The van der Waals surface area contributed by atoms with E-state index in [-0.39, 0.29) is 18.3 Å². The molecule has 7 heteroatoms. The van der Waals surface area contributed by atoms with Gasteiger partial charge in [0.2, 0.25) is 0 Å². The second kappa shape index (κ2) is 5.97. The molecule has 7 nitrogen and oxygen atoms in total. The van der Waals surface area contributed by atoms with Crippen molar-refractivity contribution < 1.29 is 19.1 Å². The van der Waals surface area contributed by atoms with Crippen molar-refractivity contribution in [3.05, 3.63) is 0 Å². The molecule has 0 aromatic carbocycles. The van der Waals surface area contributed by atoms with E-state index in [0.717, 1.165) is 12.8 Å². The van der Waals surface area contributed by atoms with Gasteiger partial charge in [-0.25, -0.2) is 4.79 Å². The Kier molecular flexibility index (Phi) is 4.76. The molecule has 0 aromatic heterocycles. The Bertz CT molecular complexity index is 522. The van der Waals surface area contributed by atoms with Gasteiger partial charge in [0.15, 0.2) is 0 Å². The van der Waals surface area contributed by atoms with Crippen molar-refractivity contribution in [2.24, 2.45) is 28.5 Å². The maximum atomic E-state index is 12.7. The first-order valence-corrected chi connectivity index (χ1v) is 8.65. The quantitative estimate of drug-likeness (QED) is 0.509. The molecule has 0 aliphatic heterocycles. The first-order valence-electron chi connectivity index (χ1n) is 8.65. The molecule has 138 valence electrons. The van der Waals surface area contributed by atoms with Gasteiger partial charge in [0.1, 0.15) is 11.1 Å². The molecule has 0 amide bonds.